The highest BCUT2D eigenvalue weighted by Gasteiger charge is 2.46. The molecule has 0 heterocycles. The van der Waals surface area contributed by atoms with Crippen LogP contribution in [-0.2, 0) is 19.1 Å². The molecule has 0 bridgehead atoms. The average molecular weight is 481 g/mol. The smallest absolute Gasteiger partial charge is 0.330 e. The van der Waals surface area contributed by atoms with Gasteiger partial charge in [0.1, 0.15) is 6.29 Å². The molecule has 0 aromatic carbocycles. The molecule has 0 aromatic heterocycles. The van der Waals surface area contributed by atoms with Crippen molar-refractivity contribution in [3.63, 3.8) is 0 Å². The minimum absolute atomic E-state index is 0.0522. The van der Waals surface area contributed by atoms with Crippen molar-refractivity contribution in [1.29, 1.82) is 0 Å². The third-order valence-corrected chi connectivity index (χ3v) is 7.85. The normalized spacial score (nSPS) is 13.2. The lowest BCUT2D eigenvalue weighted by atomic mass is 9.54. The number of ether oxygens (including phenoxy) is 1. The lowest BCUT2D eigenvalue weighted by molar-refractivity contribution is -0.142. The number of carbonyl (C=O) groups excluding carboxylic acids is 2. The van der Waals surface area contributed by atoms with E-state index in [1.54, 1.807) is 0 Å². The van der Waals surface area contributed by atoms with Crippen LogP contribution in [0.3, 0.4) is 0 Å². The Bertz CT molecular complexity index is 677. The molecule has 0 saturated carbocycles. The average Bonchev–Trinajstić information content (AvgIpc) is 2.68. The summed E-state index contributed by atoms with van der Waals surface area (Å²) in [5.74, 6) is -1.84. The van der Waals surface area contributed by atoms with Gasteiger partial charge in [-0.2, -0.15) is 0 Å². The van der Waals surface area contributed by atoms with Gasteiger partial charge in [0, 0.05) is 12.5 Å². The predicted molar refractivity (Wildman–Crippen MR) is 142 cm³/mol. The molecule has 0 fully saturated rings. The standard InChI is InChI=1S/C25H44O4.C4H8O/c1-12-20(26)29-15-13-14-19(21(27)28)16-18(2)25(10,11)24(8,9)17-23(6,7)22(3,4)5;1-2-3-4-5/h12,19H,1-2,13-17H2,3-11H3,(H,27,28);4H,2-3H2,1H3. The number of carboxylic acids is 1. The van der Waals surface area contributed by atoms with Crippen LogP contribution in [0.1, 0.15) is 108 Å². The number of rotatable bonds is 14. The Hall–Kier alpha value is -1.91. The van der Waals surface area contributed by atoms with E-state index in [4.69, 9.17) is 4.74 Å². The fraction of sp³-hybridized carbons (Fsp3) is 0.759. The molecule has 0 aliphatic carbocycles. The van der Waals surface area contributed by atoms with Crippen LogP contribution < -0.4 is 0 Å². The Morgan fingerprint density at radius 1 is 1.00 bits per heavy atom. The van der Waals surface area contributed by atoms with E-state index in [-0.39, 0.29) is 28.3 Å². The molecule has 198 valence electrons. The summed E-state index contributed by atoms with van der Waals surface area (Å²) in [5.41, 5.74) is 0.966. The van der Waals surface area contributed by atoms with Crippen molar-refractivity contribution in [2.24, 2.45) is 27.6 Å². The number of carbonyl (C=O) groups is 3. The van der Waals surface area contributed by atoms with E-state index < -0.39 is 17.9 Å². The van der Waals surface area contributed by atoms with Crippen molar-refractivity contribution in [3.8, 4) is 0 Å². The van der Waals surface area contributed by atoms with Gasteiger partial charge in [-0.15, -0.1) is 0 Å². The minimum atomic E-state index is -0.829. The van der Waals surface area contributed by atoms with Crippen LogP contribution in [0.25, 0.3) is 0 Å². The summed E-state index contributed by atoms with van der Waals surface area (Å²) in [6, 6.07) is 0. The Labute approximate surface area is 209 Å². The molecule has 0 radical (unpaired) electrons. The van der Waals surface area contributed by atoms with Gasteiger partial charge >= 0.3 is 11.9 Å². The van der Waals surface area contributed by atoms with E-state index in [1.165, 1.54) is 0 Å². The van der Waals surface area contributed by atoms with Crippen LogP contribution in [-0.4, -0.2) is 29.9 Å². The second kappa shape index (κ2) is 14.5. The molecular weight excluding hydrogens is 428 g/mol. The van der Waals surface area contributed by atoms with Crippen LogP contribution in [0.2, 0.25) is 0 Å². The number of aldehydes is 1. The first-order chi connectivity index (χ1) is 15.3. The fourth-order valence-corrected chi connectivity index (χ4v) is 3.61. The highest BCUT2D eigenvalue weighted by atomic mass is 16.5. The molecule has 0 spiro atoms. The quantitative estimate of drug-likeness (QED) is 0.0908. The molecule has 1 atom stereocenters. The monoisotopic (exact) mass is 480 g/mol. The number of hydrogen-bond acceptors (Lipinski definition) is 4. The Balaban J connectivity index is 0. The number of unbranched alkanes of at least 4 members (excludes halogenated alkanes) is 1. The van der Waals surface area contributed by atoms with Crippen LogP contribution >= 0.6 is 0 Å². The summed E-state index contributed by atoms with van der Waals surface area (Å²) in [6.45, 7) is 30.1. The Morgan fingerprint density at radius 3 is 1.88 bits per heavy atom. The van der Waals surface area contributed by atoms with Crippen LogP contribution in [0, 0.1) is 27.6 Å². The third kappa shape index (κ3) is 11.5. The molecule has 0 rings (SSSR count). The summed E-state index contributed by atoms with van der Waals surface area (Å²) in [7, 11) is 0. The van der Waals surface area contributed by atoms with Crippen molar-refractivity contribution >= 4 is 18.2 Å². The van der Waals surface area contributed by atoms with E-state index in [1.807, 2.05) is 6.92 Å². The summed E-state index contributed by atoms with van der Waals surface area (Å²) < 4.78 is 4.96. The molecule has 34 heavy (non-hydrogen) atoms. The lowest BCUT2D eigenvalue weighted by Gasteiger charge is -2.51. The second-order valence-corrected chi connectivity index (χ2v) is 12.1. The molecule has 5 nitrogen and oxygen atoms in total. The van der Waals surface area contributed by atoms with Gasteiger partial charge < -0.3 is 14.6 Å². The maximum Gasteiger partial charge on any atom is 0.330 e. The van der Waals surface area contributed by atoms with Crippen molar-refractivity contribution < 1.29 is 24.2 Å². The molecule has 0 aromatic rings. The second-order valence-electron chi connectivity index (χ2n) is 12.1. The van der Waals surface area contributed by atoms with Crippen molar-refractivity contribution in [2.45, 2.75) is 108 Å². The summed E-state index contributed by atoms with van der Waals surface area (Å²) in [4.78, 5) is 32.3. The van der Waals surface area contributed by atoms with E-state index in [0.717, 1.165) is 30.8 Å². The zero-order valence-corrected chi connectivity index (χ0v) is 23.7. The predicted octanol–water partition coefficient (Wildman–Crippen LogP) is 7.64. The molecule has 1 N–H and O–H groups in total. The first-order valence-corrected chi connectivity index (χ1v) is 12.4. The topological polar surface area (TPSA) is 80.7 Å². The van der Waals surface area contributed by atoms with Gasteiger partial charge in [-0.1, -0.05) is 88.0 Å². The Morgan fingerprint density at radius 2 is 1.53 bits per heavy atom. The highest BCUT2D eigenvalue weighted by molar-refractivity contribution is 5.81. The van der Waals surface area contributed by atoms with Gasteiger partial charge in [-0.3, -0.25) is 4.79 Å². The van der Waals surface area contributed by atoms with Gasteiger partial charge in [0.25, 0.3) is 0 Å². The zero-order chi connectivity index (χ0) is 27.4. The lowest BCUT2D eigenvalue weighted by Crippen LogP contribution is -2.42. The van der Waals surface area contributed by atoms with Gasteiger partial charge in [-0.05, 0) is 53.8 Å². The fourth-order valence-electron chi connectivity index (χ4n) is 3.61. The molecule has 0 aliphatic heterocycles. The molecule has 0 aliphatic rings. The molecule has 5 heteroatoms. The maximum atomic E-state index is 11.8. The van der Waals surface area contributed by atoms with Gasteiger partial charge in [-0.25, -0.2) is 4.79 Å². The van der Waals surface area contributed by atoms with Gasteiger partial charge in [0.2, 0.25) is 0 Å². The summed E-state index contributed by atoms with van der Waals surface area (Å²) in [6.07, 6.45) is 6.11. The van der Waals surface area contributed by atoms with E-state index in [0.29, 0.717) is 25.7 Å². The Kier molecular flexibility index (Phi) is 14.6. The first kappa shape index (κ1) is 34.3. The maximum absolute atomic E-state index is 11.8. The largest absolute Gasteiger partial charge is 0.481 e. The number of carboxylic acid groups (broad SMARTS) is 1. The molecule has 1 unspecified atom stereocenters. The van der Waals surface area contributed by atoms with E-state index >= 15 is 0 Å². The van der Waals surface area contributed by atoms with Crippen molar-refractivity contribution in [3.05, 3.63) is 24.8 Å². The SMILES string of the molecule is C=CC(=O)OCCCC(CC(=C)C(C)(C)C(C)(C)CC(C)(C)C(C)(C)C)C(=O)O.CCCC=O. The third-order valence-electron chi connectivity index (χ3n) is 7.85. The highest BCUT2D eigenvalue weighted by Crippen LogP contribution is 2.55. The molecule has 0 amide bonds. The van der Waals surface area contributed by atoms with Gasteiger partial charge in [0.05, 0.1) is 12.5 Å². The number of aliphatic carboxylic acids is 1. The summed E-state index contributed by atoms with van der Waals surface area (Å²) in [5, 5.41) is 9.67. The van der Waals surface area contributed by atoms with Crippen LogP contribution in [0.4, 0.5) is 0 Å². The first-order valence-electron chi connectivity index (χ1n) is 12.4. The summed E-state index contributed by atoms with van der Waals surface area (Å²) >= 11 is 0. The number of esters is 1. The molecular formula is C29H52O5. The number of allylic oxidation sites excluding steroid dienone is 1. The van der Waals surface area contributed by atoms with Crippen molar-refractivity contribution in [2.75, 3.05) is 6.61 Å². The van der Waals surface area contributed by atoms with Gasteiger partial charge in [0.15, 0.2) is 0 Å². The molecule has 0 saturated heterocycles. The van der Waals surface area contributed by atoms with Crippen molar-refractivity contribution in [1.82, 2.24) is 0 Å². The van der Waals surface area contributed by atoms with E-state index in [2.05, 4.69) is 75.5 Å². The number of hydrogen-bond donors (Lipinski definition) is 1. The minimum Gasteiger partial charge on any atom is -0.481 e. The van der Waals surface area contributed by atoms with Crippen LogP contribution in [0.15, 0.2) is 24.8 Å². The van der Waals surface area contributed by atoms with E-state index in [9.17, 15) is 19.5 Å². The zero-order valence-electron chi connectivity index (χ0n) is 23.7. The van der Waals surface area contributed by atoms with Crippen LogP contribution in [0.5, 0.6) is 0 Å².